The number of rotatable bonds is 5. The predicted molar refractivity (Wildman–Crippen MR) is 133 cm³/mol. The van der Waals surface area contributed by atoms with E-state index < -0.39 is 26.8 Å². The van der Waals surface area contributed by atoms with E-state index in [9.17, 15) is 23.1 Å². The Kier molecular flexibility index (Phi) is 6.11. The summed E-state index contributed by atoms with van der Waals surface area (Å²) < 4.78 is 33.3. The van der Waals surface area contributed by atoms with Gasteiger partial charge < -0.3 is 9.84 Å². The highest BCUT2D eigenvalue weighted by atomic mass is 35.5. The Labute approximate surface area is 214 Å². The number of sulfone groups is 1. The van der Waals surface area contributed by atoms with Gasteiger partial charge >= 0.3 is 5.69 Å². The van der Waals surface area contributed by atoms with Gasteiger partial charge in [-0.25, -0.2) is 13.2 Å². The molecule has 12 heteroatoms. The number of nitrogens with one attached hydrogen (secondary N) is 1. The second-order valence-electron chi connectivity index (χ2n) is 8.11. The third-order valence-corrected chi connectivity index (χ3v) is 8.10. The van der Waals surface area contributed by atoms with Gasteiger partial charge in [0.05, 0.1) is 20.6 Å². The number of aromatic hydroxyl groups is 1. The lowest BCUT2D eigenvalue weighted by molar-refractivity contribution is 0.448. The van der Waals surface area contributed by atoms with Crippen LogP contribution >= 0.6 is 23.2 Å². The van der Waals surface area contributed by atoms with Crippen LogP contribution < -0.4 is 16.0 Å². The summed E-state index contributed by atoms with van der Waals surface area (Å²) in [5.41, 5.74) is 0.832. The number of hydrogen-bond acceptors (Lipinski definition) is 7. The lowest BCUT2D eigenvalue weighted by Crippen LogP contribution is -2.30. The van der Waals surface area contributed by atoms with E-state index in [4.69, 9.17) is 27.9 Å². The minimum Gasteiger partial charge on any atom is -0.507 e. The SMILES string of the molecule is O=c1cnn(-c2cc(Cl)c(Oc3ccc(O)c(S(=O)(=O)c4ccc5c(c4)CCC5)c3)c(Cl)c2)c(=O)[nH]1. The van der Waals surface area contributed by atoms with Gasteiger partial charge in [0.15, 0.2) is 5.75 Å². The number of hydrogen-bond donors (Lipinski definition) is 2. The molecule has 9 nitrogen and oxygen atoms in total. The smallest absolute Gasteiger partial charge is 0.349 e. The number of aryl methyl sites for hydroxylation is 2. The monoisotopic (exact) mass is 545 g/mol. The van der Waals surface area contributed by atoms with Gasteiger partial charge in [-0.3, -0.25) is 9.78 Å². The maximum absolute atomic E-state index is 13.3. The van der Waals surface area contributed by atoms with E-state index in [1.807, 2.05) is 0 Å². The molecule has 0 bridgehead atoms. The summed E-state index contributed by atoms with van der Waals surface area (Å²) in [5.74, 6) is -0.381. The molecule has 36 heavy (non-hydrogen) atoms. The molecule has 0 atom stereocenters. The molecule has 1 heterocycles. The number of benzene rings is 3. The Morgan fingerprint density at radius 2 is 1.69 bits per heavy atom. The zero-order chi connectivity index (χ0) is 25.6. The molecule has 184 valence electrons. The van der Waals surface area contributed by atoms with Crippen molar-refractivity contribution in [2.24, 2.45) is 0 Å². The molecule has 0 saturated carbocycles. The normalized spacial score (nSPS) is 12.9. The maximum atomic E-state index is 13.3. The Morgan fingerprint density at radius 3 is 2.42 bits per heavy atom. The number of aromatic nitrogens is 3. The van der Waals surface area contributed by atoms with Gasteiger partial charge in [-0.2, -0.15) is 9.78 Å². The summed E-state index contributed by atoms with van der Waals surface area (Å²) in [6.45, 7) is 0. The van der Waals surface area contributed by atoms with Gasteiger partial charge in [0, 0.05) is 6.07 Å². The lowest BCUT2D eigenvalue weighted by Gasteiger charge is -2.14. The van der Waals surface area contributed by atoms with E-state index in [2.05, 4.69) is 10.1 Å². The fourth-order valence-corrected chi connectivity index (χ4v) is 6.00. The second-order valence-corrected chi connectivity index (χ2v) is 10.8. The van der Waals surface area contributed by atoms with Crippen LogP contribution in [0, 0.1) is 0 Å². The van der Waals surface area contributed by atoms with Crippen molar-refractivity contribution < 1.29 is 18.3 Å². The molecule has 0 spiro atoms. The van der Waals surface area contributed by atoms with Crippen LogP contribution in [0.25, 0.3) is 5.69 Å². The standard InChI is InChI=1S/C24H17Cl2N3O6S/c25-18-9-15(29-24(32)28-22(31)12-27-29)10-19(26)23(18)35-16-5-7-20(30)21(11-16)36(33,34)17-6-4-13-2-1-3-14(13)8-17/h4-12,30H,1-3H2,(H,28,31,32). The third kappa shape index (κ3) is 4.39. The van der Waals surface area contributed by atoms with E-state index in [1.165, 1.54) is 36.4 Å². The van der Waals surface area contributed by atoms with Crippen molar-refractivity contribution in [2.45, 2.75) is 29.1 Å². The van der Waals surface area contributed by atoms with Crippen molar-refractivity contribution in [3.8, 4) is 22.9 Å². The molecule has 4 aromatic rings. The molecule has 0 amide bonds. The minimum absolute atomic E-state index is 0.00601. The molecule has 0 saturated heterocycles. The number of aromatic amines is 1. The van der Waals surface area contributed by atoms with Gasteiger partial charge in [-0.1, -0.05) is 29.3 Å². The summed E-state index contributed by atoms with van der Waals surface area (Å²) in [5, 5.41) is 14.1. The van der Waals surface area contributed by atoms with Crippen LogP contribution in [-0.2, 0) is 22.7 Å². The van der Waals surface area contributed by atoms with Crippen LogP contribution in [0.5, 0.6) is 17.2 Å². The highest BCUT2D eigenvalue weighted by molar-refractivity contribution is 7.91. The Balaban J connectivity index is 1.50. The van der Waals surface area contributed by atoms with Crippen molar-refractivity contribution >= 4 is 33.0 Å². The van der Waals surface area contributed by atoms with Gasteiger partial charge in [0.2, 0.25) is 9.84 Å². The molecule has 3 aromatic carbocycles. The lowest BCUT2D eigenvalue weighted by atomic mass is 10.1. The van der Waals surface area contributed by atoms with E-state index in [0.29, 0.717) is 0 Å². The van der Waals surface area contributed by atoms with Gasteiger partial charge in [0.1, 0.15) is 22.6 Å². The summed E-state index contributed by atoms with van der Waals surface area (Å²) in [6.07, 6.45) is 3.62. The maximum Gasteiger partial charge on any atom is 0.349 e. The van der Waals surface area contributed by atoms with Crippen LogP contribution in [0.3, 0.4) is 0 Å². The zero-order valence-corrected chi connectivity index (χ0v) is 20.7. The minimum atomic E-state index is -4.05. The van der Waals surface area contributed by atoms with E-state index in [-0.39, 0.29) is 37.0 Å². The van der Waals surface area contributed by atoms with Crippen molar-refractivity contribution in [2.75, 3.05) is 0 Å². The molecule has 1 aliphatic carbocycles. The van der Waals surface area contributed by atoms with Crippen LogP contribution in [0.1, 0.15) is 17.5 Å². The molecule has 5 rings (SSSR count). The third-order valence-electron chi connectivity index (χ3n) is 5.76. The number of ether oxygens (including phenoxy) is 1. The second kappa shape index (κ2) is 9.12. The first kappa shape index (κ1) is 24.1. The first-order chi connectivity index (χ1) is 17.1. The largest absolute Gasteiger partial charge is 0.507 e. The highest BCUT2D eigenvalue weighted by Gasteiger charge is 2.25. The Morgan fingerprint density at radius 1 is 0.972 bits per heavy atom. The molecular weight excluding hydrogens is 529 g/mol. The van der Waals surface area contributed by atoms with Crippen molar-refractivity contribution in [3.63, 3.8) is 0 Å². The van der Waals surface area contributed by atoms with Gasteiger partial charge in [-0.05, 0) is 66.8 Å². The Hall–Kier alpha value is -3.60. The van der Waals surface area contributed by atoms with E-state index in [0.717, 1.165) is 41.3 Å². The number of nitrogens with zero attached hydrogens (tertiary/aromatic N) is 2. The summed E-state index contributed by atoms with van der Waals surface area (Å²) in [6, 6.07) is 11.4. The highest BCUT2D eigenvalue weighted by Crippen LogP contribution is 2.40. The summed E-state index contributed by atoms with van der Waals surface area (Å²) in [4.78, 5) is 25.1. The molecule has 1 aromatic heterocycles. The summed E-state index contributed by atoms with van der Waals surface area (Å²) >= 11 is 12.7. The molecule has 0 unspecified atom stereocenters. The average molecular weight is 546 g/mol. The van der Waals surface area contributed by atoms with E-state index in [1.54, 1.807) is 12.1 Å². The number of halogens is 2. The first-order valence-corrected chi connectivity index (χ1v) is 12.9. The number of phenols is 1. The predicted octanol–water partition coefficient (Wildman–Crippen LogP) is 4.05. The van der Waals surface area contributed by atoms with E-state index >= 15 is 0 Å². The zero-order valence-electron chi connectivity index (χ0n) is 18.4. The van der Waals surface area contributed by atoms with Crippen molar-refractivity contribution in [1.29, 1.82) is 0 Å². The average Bonchev–Trinajstić information content (AvgIpc) is 3.30. The number of phenolic OH excluding ortho intramolecular Hbond substituents is 1. The molecule has 0 aliphatic heterocycles. The van der Waals surface area contributed by atoms with Crippen LogP contribution in [0.2, 0.25) is 10.0 Å². The molecule has 1 aliphatic rings. The summed E-state index contributed by atoms with van der Waals surface area (Å²) in [7, 11) is -4.05. The topological polar surface area (TPSA) is 131 Å². The van der Waals surface area contributed by atoms with Crippen LogP contribution in [0.15, 0.2) is 74.1 Å². The number of fused-ring (bicyclic) bond motifs is 1. The molecule has 2 N–H and O–H groups in total. The molecule has 0 radical (unpaired) electrons. The fourth-order valence-electron chi connectivity index (χ4n) is 4.04. The fraction of sp³-hybridized carbons (Fsp3) is 0.125. The molecular formula is C24H17Cl2N3O6S. The van der Waals surface area contributed by atoms with Gasteiger partial charge in [0.25, 0.3) is 5.56 Å². The van der Waals surface area contributed by atoms with Crippen molar-refractivity contribution in [3.05, 3.63) is 96.7 Å². The quantitative estimate of drug-likeness (QED) is 0.386. The van der Waals surface area contributed by atoms with Gasteiger partial charge in [-0.15, -0.1) is 0 Å². The van der Waals surface area contributed by atoms with Crippen molar-refractivity contribution in [1.82, 2.24) is 14.8 Å². The number of H-pyrrole nitrogens is 1. The Bertz CT molecular complexity index is 1720. The molecule has 0 fully saturated rings. The first-order valence-electron chi connectivity index (χ1n) is 10.7. The van der Waals surface area contributed by atoms with Crippen LogP contribution in [-0.4, -0.2) is 28.3 Å². The van der Waals surface area contributed by atoms with Crippen LogP contribution in [0.4, 0.5) is 0 Å².